The third-order valence-corrected chi connectivity index (χ3v) is 2.62. The smallest absolute Gasteiger partial charge is 0.248 e. The molecule has 0 aliphatic rings. The fraction of sp³-hybridized carbons (Fsp3) is 0.0625. The number of hydrogen-bond donors (Lipinski definition) is 1. The van der Waals surface area contributed by atoms with Crippen LogP contribution < -0.4 is 5.32 Å². The van der Waals surface area contributed by atoms with Gasteiger partial charge in [-0.25, -0.2) is 0 Å². The number of rotatable bonds is 3. The average molecular weight is 237 g/mol. The van der Waals surface area contributed by atoms with Crippen LogP contribution in [0.1, 0.15) is 12.5 Å². The molecule has 2 heteroatoms. The normalized spacial score (nSPS) is 11.1. The van der Waals surface area contributed by atoms with Gasteiger partial charge in [0.1, 0.15) is 0 Å². The molecule has 0 atom stereocenters. The Kier molecular flexibility index (Phi) is 3.92. The number of hydrogen-bond acceptors (Lipinski definition) is 1. The van der Waals surface area contributed by atoms with E-state index in [9.17, 15) is 4.79 Å². The molecule has 1 amide bonds. The molecule has 18 heavy (non-hydrogen) atoms. The Labute approximate surface area is 107 Å². The summed E-state index contributed by atoms with van der Waals surface area (Å²) in [5.41, 5.74) is 2.81. The Morgan fingerprint density at radius 2 is 1.50 bits per heavy atom. The van der Waals surface area contributed by atoms with Crippen LogP contribution in [0, 0.1) is 0 Å². The number of carbonyl (C=O) groups excluding carboxylic acids is 1. The predicted molar refractivity (Wildman–Crippen MR) is 75.2 cm³/mol. The summed E-state index contributed by atoms with van der Waals surface area (Å²) in [5.74, 6) is -0.109. The number of para-hydroxylation sites is 1. The molecule has 0 unspecified atom stereocenters. The van der Waals surface area contributed by atoms with Gasteiger partial charge in [0, 0.05) is 11.8 Å². The zero-order valence-corrected chi connectivity index (χ0v) is 10.3. The minimum atomic E-state index is -0.109. The molecule has 0 spiro atoms. The van der Waals surface area contributed by atoms with E-state index < -0.39 is 0 Å². The van der Waals surface area contributed by atoms with E-state index >= 15 is 0 Å². The van der Waals surface area contributed by atoms with Crippen LogP contribution in [0.5, 0.6) is 0 Å². The van der Waals surface area contributed by atoms with Gasteiger partial charge in [-0.15, -0.1) is 0 Å². The Hall–Kier alpha value is -2.35. The SMILES string of the molecule is C/C(=C/C(=O)Nc1ccccc1)c1ccccc1. The number of nitrogens with one attached hydrogen (secondary N) is 1. The van der Waals surface area contributed by atoms with Gasteiger partial charge in [0.05, 0.1) is 0 Å². The van der Waals surface area contributed by atoms with Crippen molar-refractivity contribution < 1.29 is 4.79 Å². The topological polar surface area (TPSA) is 29.1 Å². The second-order valence-electron chi connectivity index (χ2n) is 4.05. The van der Waals surface area contributed by atoms with Crippen molar-refractivity contribution in [2.45, 2.75) is 6.92 Å². The summed E-state index contributed by atoms with van der Waals surface area (Å²) in [6.07, 6.45) is 1.61. The standard InChI is InChI=1S/C16H15NO/c1-13(14-8-4-2-5-9-14)12-16(18)17-15-10-6-3-7-11-15/h2-12H,1H3,(H,17,18)/b13-12-. The van der Waals surface area contributed by atoms with E-state index in [2.05, 4.69) is 5.32 Å². The fourth-order valence-corrected chi connectivity index (χ4v) is 1.68. The van der Waals surface area contributed by atoms with Crippen LogP contribution in [0.15, 0.2) is 66.7 Å². The summed E-state index contributed by atoms with van der Waals surface area (Å²) >= 11 is 0. The molecule has 0 bridgehead atoms. The molecule has 0 saturated carbocycles. The summed E-state index contributed by atoms with van der Waals surface area (Å²) in [7, 11) is 0. The molecular weight excluding hydrogens is 222 g/mol. The molecule has 2 aromatic carbocycles. The van der Waals surface area contributed by atoms with Gasteiger partial charge in [-0.05, 0) is 30.2 Å². The monoisotopic (exact) mass is 237 g/mol. The zero-order valence-electron chi connectivity index (χ0n) is 10.3. The molecule has 2 nitrogen and oxygen atoms in total. The van der Waals surface area contributed by atoms with Crippen molar-refractivity contribution >= 4 is 17.2 Å². The maximum Gasteiger partial charge on any atom is 0.248 e. The number of carbonyl (C=O) groups is 1. The van der Waals surface area contributed by atoms with Gasteiger partial charge in [-0.3, -0.25) is 4.79 Å². The largest absolute Gasteiger partial charge is 0.323 e. The van der Waals surface area contributed by atoms with Crippen molar-refractivity contribution in [3.05, 3.63) is 72.3 Å². The average Bonchev–Trinajstić information content (AvgIpc) is 2.40. The van der Waals surface area contributed by atoms with Crippen molar-refractivity contribution in [3.63, 3.8) is 0 Å². The molecule has 0 radical (unpaired) electrons. The molecule has 0 fully saturated rings. The fourth-order valence-electron chi connectivity index (χ4n) is 1.68. The lowest BCUT2D eigenvalue weighted by Gasteiger charge is -2.03. The second-order valence-corrected chi connectivity index (χ2v) is 4.05. The van der Waals surface area contributed by atoms with Crippen LogP contribution >= 0.6 is 0 Å². The van der Waals surface area contributed by atoms with E-state index in [0.29, 0.717) is 0 Å². The van der Waals surface area contributed by atoms with Crippen molar-refractivity contribution in [1.82, 2.24) is 0 Å². The van der Waals surface area contributed by atoms with Crippen molar-refractivity contribution in [3.8, 4) is 0 Å². The van der Waals surface area contributed by atoms with Crippen LogP contribution in [0.4, 0.5) is 5.69 Å². The van der Waals surface area contributed by atoms with Crippen LogP contribution in [-0.2, 0) is 4.79 Å². The number of benzene rings is 2. The minimum absolute atomic E-state index is 0.109. The molecule has 2 rings (SSSR count). The molecule has 0 aromatic heterocycles. The maximum atomic E-state index is 11.8. The predicted octanol–water partition coefficient (Wildman–Crippen LogP) is 3.73. The summed E-state index contributed by atoms with van der Waals surface area (Å²) in [6.45, 7) is 1.93. The lowest BCUT2D eigenvalue weighted by Crippen LogP contribution is -2.08. The molecule has 90 valence electrons. The maximum absolute atomic E-state index is 11.8. The highest BCUT2D eigenvalue weighted by molar-refractivity contribution is 6.03. The zero-order chi connectivity index (χ0) is 12.8. The Balaban J connectivity index is 2.07. The first-order valence-corrected chi connectivity index (χ1v) is 5.85. The van der Waals surface area contributed by atoms with Gasteiger partial charge in [0.2, 0.25) is 5.91 Å². The Morgan fingerprint density at radius 3 is 2.11 bits per heavy atom. The van der Waals surface area contributed by atoms with E-state index in [1.165, 1.54) is 0 Å². The summed E-state index contributed by atoms with van der Waals surface area (Å²) in [5, 5.41) is 2.83. The lowest BCUT2D eigenvalue weighted by atomic mass is 10.1. The first-order valence-electron chi connectivity index (χ1n) is 5.85. The highest BCUT2D eigenvalue weighted by Gasteiger charge is 2.00. The van der Waals surface area contributed by atoms with E-state index in [1.54, 1.807) is 6.08 Å². The number of amides is 1. The molecule has 0 saturated heterocycles. The van der Waals surface area contributed by atoms with Crippen LogP contribution in [0.2, 0.25) is 0 Å². The van der Waals surface area contributed by atoms with Crippen LogP contribution in [-0.4, -0.2) is 5.91 Å². The van der Waals surface area contributed by atoms with Gasteiger partial charge < -0.3 is 5.32 Å². The van der Waals surface area contributed by atoms with Gasteiger partial charge in [-0.2, -0.15) is 0 Å². The Bertz CT molecular complexity index is 544. The Morgan fingerprint density at radius 1 is 0.944 bits per heavy atom. The number of anilines is 1. The summed E-state index contributed by atoms with van der Waals surface area (Å²) in [6, 6.07) is 19.3. The molecule has 0 aliphatic heterocycles. The summed E-state index contributed by atoms with van der Waals surface area (Å²) in [4.78, 5) is 11.8. The van der Waals surface area contributed by atoms with Gasteiger partial charge in [0.15, 0.2) is 0 Å². The van der Waals surface area contributed by atoms with Gasteiger partial charge >= 0.3 is 0 Å². The third kappa shape index (κ3) is 3.32. The highest BCUT2D eigenvalue weighted by Crippen LogP contribution is 2.13. The molecule has 0 heterocycles. The quantitative estimate of drug-likeness (QED) is 0.810. The highest BCUT2D eigenvalue weighted by atomic mass is 16.1. The van der Waals surface area contributed by atoms with E-state index in [1.807, 2.05) is 67.6 Å². The molecular formula is C16H15NO. The molecule has 2 aromatic rings. The molecule has 0 aliphatic carbocycles. The van der Waals surface area contributed by atoms with Crippen molar-refractivity contribution in [1.29, 1.82) is 0 Å². The number of allylic oxidation sites excluding steroid dienone is 1. The lowest BCUT2D eigenvalue weighted by molar-refractivity contribution is -0.111. The van der Waals surface area contributed by atoms with Crippen LogP contribution in [0.25, 0.3) is 5.57 Å². The van der Waals surface area contributed by atoms with Crippen LogP contribution in [0.3, 0.4) is 0 Å². The van der Waals surface area contributed by atoms with Crippen molar-refractivity contribution in [2.75, 3.05) is 5.32 Å². The third-order valence-electron chi connectivity index (χ3n) is 2.62. The van der Waals surface area contributed by atoms with E-state index in [-0.39, 0.29) is 5.91 Å². The van der Waals surface area contributed by atoms with Gasteiger partial charge in [0.25, 0.3) is 0 Å². The molecule has 1 N–H and O–H groups in total. The second kappa shape index (κ2) is 5.82. The first-order chi connectivity index (χ1) is 8.75. The minimum Gasteiger partial charge on any atom is -0.323 e. The summed E-state index contributed by atoms with van der Waals surface area (Å²) < 4.78 is 0. The van der Waals surface area contributed by atoms with Crippen molar-refractivity contribution in [2.24, 2.45) is 0 Å². The van der Waals surface area contributed by atoms with Gasteiger partial charge in [-0.1, -0.05) is 48.5 Å². The first kappa shape index (κ1) is 12.1. The van der Waals surface area contributed by atoms with E-state index in [4.69, 9.17) is 0 Å². The van der Waals surface area contributed by atoms with E-state index in [0.717, 1.165) is 16.8 Å².